The zero-order valence-electron chi connectivity index (χ0n) is 14.1. The molecule has 0 saturated heterocycles. The number of nitrogens with zero attached hydrogens (tertiary/aromatic N) is 1. The molecule has 0 aliphatic carbocycles. The summed E-state index contributed by atoms with van der Waals surface area (Å²) in [5.74, 6) is -0.165. The lowest BCUT2D eigenvalue weighted by Crippen LogP contribution is -2.35. The molecule has 1 amide bonds. The second-order valence-electron chi connectivity index (χ2n) is 6.23. The molecule has 5 nitrogen and oxygen atoms in total. The van der Waals surface area contributed by atoms with E-state index in [9.17, 15) is 9.59 Å². The molecule has 1 unspecified atom stereocenters. The molecule has 126 valence electrons. The Labute approximate surface area is 137 Å². The van der Waals surface area contributed by atoms with Crippen molar-refractivity contribution in [1.82, 2.24) is 0 Å². The average Bonchev–Trinajstić information content (AvgIpc) is 2.95. The van der Waals surface area contributed by atoms with Gasteiger partial charge in [0.1, 0.15) is 0 Å². The van der Waals surface area contributed by atoms with Gasteiger partial charge in [-0.3, -0.25) is 4.79 Å². The molecule has 1 aliphatic rings. The van der Waals surface area contributed by atoms with Gasteiger partial charge in [-0.25, -0.2) is 4.79 Å². The number of ether oxygens (including phenoxy) is 2. The SMILES string of the molecule is CC(C)CCOC(C)C(=O)OCC(=O)N1CCc2ccccc21. The van der Waals surface area contributed by atoms with Gasteiger partial charge in [-0.05, 0) is 37.3 Å². The monoisotopic (exact) mass is 319 g/mol. The van der Waals surface area contributed by atoms with Crippen LogP contribution in [0.15, 0.2) is 24.3 Å². The van der Waals surface area contributed by atoms with Gasteiger partial charge in [0.15, 0.2) is 12.7 Å². The van der Waals surface area contributed by atoms with E-state index in [0.717, 1.165) is 24.1 Å². The van der Waals surface area contributed by atoms with Crippen LogP contribution in [0, 0.1) is 5.92 Å². The highest BCUT2D eigenvalue weighted by atomic mass is 16.6. The molecular weight excluding hydrogens is 294 g/mol. The molecule has 0 spiro atoms. The molecule has 0 N–H and O–H groups in total. The molecule has 0 saturated carbocycles. The van der Waals surface area contributed by atoms with Crippen molar-refractivity contribution in [1.29, 1.82) is 0 Å². The van der Waals surface area contributed by atoms with E-state index in [4.69, 9.17) is 9.47 Å². The van der Waals surface area contributed by atoms with Crippen molar-refractivity contribution in [3.8, 4) is 0 Å². The number of para-hydroxylation sites is 1. The third-order valence-electron chi connectivity index (χ3n) is 3.92. The van der Waals surface area contributed by atoms with Crippen molar-refractivity contribution in [3.05, 3.63) is 29.8 Å². The lowest BCUT2D eigenvalue weighted by Gasteiger charge is -2.18. The van der Waals surface area contributed by atoms with E-state index in [1.54, 1.807) is 11.8 Å². The predicted molar refractivity (Wildman–Crippen MR) is 88.3 cm³/mol. The normalized spacial score (nSPS) is 14.7. The predicted octanol–water partition coefficient (Wildman–Crippen LogP) is 2.57. The van der Waals surface area contributed by atoms with E-state index in [1.165, 1.54) is 0 Å². The molecule has 1 aromatic carbocycles. The van der Waals surface area contributed by atoms with Crippen LogP contribution in [0.3, 0.4) is 0 Å². The molecule has 1 aliphatic heterocycles. The zero-order valence-corrected chi connectivity index (χ0v) is 14.1. The molecule has 2 rings (SSSR count). The van der Waals surface area contributed by atoms with Crippen molar-refractivity contribution in [2.75, 3.05) is 24.7 Å². The van der Waals surface area contributed by atoms with Crippen LogP contribution in [-0.4, -0.2) is 37.7 Å². The molecule has 0 bridgehead atoms. The van der Waals surface area contributed by atoms with Crippen molar-refractivity contribution < 1.29 is 19.1 Å². The van der Waals surface area contributed by atoms with Crippen LogP contribution in [0.2, 0.25) is 0 Å². The average molecular weight is 319 g/mol. The summed E-state index contributed by atoms with van der Waals surface area (Å²) in [7, 11) is 0. The summed E-state index contributed by atoms with van der Waals surface area (Å²) in [6.45, 7) is 6.75. The lowest BCUT2D eigenvalue weighted by molar-refractivity contribution is -0.158. The Kier molecular flexibility index (Phi) is 6.16. The van der Waals surface area contributed by atoms with Crippen molar-refractivity contribution >= 4 is 17.6 Å². The summed E-state index contributed by atoms with van der Waals surface area (Å²) in [6, 6.07) is 7.79. The fourth-order valence-electron chi connectivity index (χ4n) is 2.47. The molecule has 1 atom stereocenters. The van der Waals surface area contributed by atoms with E-state index in [-0.39, 0.29) is 12.5 Å². The number of rotatable bonds is 7. The van der Waals surface area contributed by atoms with Crippen LogP contribution in [0.4, 0.5) is 5.69 Å². The van der Waals surface area contributed by atoms with E-state index < -0.39 is 12.1 Å². The number of hydrogen-bond donors (Lipinski definition) is 0. The highest BCUT2D eigenvalue weighted by Gasteiger charge is 2.25. The largest absolute Gasteiger partial charge is 0.454 e. The quantitative estimate of drug-likeness (QED) is 0.725. The van der Waals surface area contributed by atoms with Gasteiger partial charge < -0.3 is 14.4 Å². The Hall–Kier alpha value is -1.88. The van der Waals surface area contributed by atoms with Crippen molar-refractivity contribution in [2.24, 2.45) is 5.92 Å². The summed E-state index contributed by atoms with van der Waals surface area (Å²) < 4.78 is 10.5. The number of esters is 1. The Morgan fingerprint density at radius 3 is 2.70 bits per heavy atom. The molecule has 5 heteroatoms. The number of anilines is 1. The van der Waals surface area contributed by atoms with Crippen molar-refractivity contribution in [2.45, 2.75) is 39.7 Å². The van der Waals surface area contributed by atoms with Gasteiger partial charge in [-0.2, -0.15) is 0 Å². The van der Waals surface area contributed by atoms with E-state index >= 15 is 0 Å². The van der Waals surface area contributed by atoms with Gasteiger partial charge in [0.2, 0.25) is 0 Å². The second kappa shape index (κ2) is 8.11. The maximum Gasteiger partial charge on any atom is 0.335 e. The van der Waals surface area contributed by atoms with Gasteiger partial charge in [-0.1, -0.05) is 32.0 Å². The highest BCUT2D eigenvalue weighted by molar-refractivity contribution is 5.97. The fraction of sp³-hybridized carbons (Fsp3) is 0.556. The maximum absolute atomic E-state index is 12.2. The number of carbonyl (C=O) groups is 2. The minimum atomic E-state index is -0.646. The minimum absolute atomic E-state index is 0.197. The van der Waals surface area contributed by atoms with Crippen LogP contribution in [0.25, 0.3) is 0 Å². The zero-order chi connectivity index (χ0) is 16.8. The smallest absolute Gasteiger partial charge is 0.335 e. The van der Waals surface area contributed by atoms with Crippen LogP contribution >= 0.6 is 0 Å². The van der Waals surface area contributed by atoms with Gasteiger partial charge in [0, 0.05) is 18.8 Å². The number of hydrogen-bond acceptors (Lipinski definition) is 4. The highest BCUT2D eigenvalue weighted by Crippen LogP contribution is 2.27. The molecule has 0 radical (unpaired) electrons. The Morgan fingerprint density at radius 1 is 1.22 bits per heavy atom. The van der Waals surface area contributed by atoms with Gasteiger partial charge in [0.25, 0.3) is 5.91 Å². The Bertz CT molecular complexity index is 556. The molecule has 0 aromatic heterocycles. The standard InChI is InChI=1S/C18H25NO4/c1-13(2)9-11-22-14(3)18(21)23-12-17(20)19-10-8-15-6-4-5-7-16(15)19/h4-7,13-14H,8-12H2,1-3H3. The van der Waals surface area contributed by atoms with E-state index in [0.29, 0.717) is 19.1 Å². The second-order valence-corrected chi connectivity index (χ2v) is 6.23. The van der Waals surface area contributed by atoms with Crippen molar-refractivity contribution in [3.63, 3.8) is 0 Å². The summed E-state index contributed by atoms with van der Waals surface area (Å²) in [6.07, 6.45) is 1.08. The Balaban J connectivity index is 1.77. The fourth-order valence-corrected chi connectivity index (χ4v) is 2.47. The summed E-state index contributed by atoms with van der Waals surface area (Å²) >= 11 is 0. The number of fused-ring (bicyclic) bond motifs is 1. The Morgan fingerprint density at radius 2 is 1.96 bits per heavy atom. The first-order chi connectivity index (χ1) is 11.0. The molecule has 23 heavy (non-hydrogen) atoms. The van der Waals surface area contributed by atoms with Crippen LogP contribution < -0.4 is 4.90 Å². The summed E-state index contributed by atoms with van der Waals surface area (Å²) in [5, 5.41) is 0. The van der Waals surface area contributed by atoms with Gasteiger partial charge in [-0.15, -0.1) is 0 Å². The first-order valence-electron chi connectivity index (χ1n) is 8.15. The minimum Gasteiger partial charge on any atom is -0.454 e. The third kappa shape index (κ3) is 4.79. The number of carbonyl (C=O) groups excluding carboxylic acids is 2. The summed E-state index contributed by atoms with van der Waals surface area (Å²) in [5.41, 5.74) is 2.06. The molecule has 1 aromatic rings. The number of amides is 1. The third-order valence-corrected chi connectivity index (χ3v) is 3.92. The van der Waals surface area contributed by atoms with Gasteiger partial charge >= 0.3 is 5.97 Å². The maximum atomic E-state index is 12.2. The first kappa shape index (κ1) is 17.5. The topological polar surface area (TPSA) is 55.8 Å². The lowest BCUT2D eigenvalue weighted by atomic mass is 10.1. The van der Waals surface area contributed by atoms with E-state index in [2.05, 4.69) is 13.8 Å². The van der Waals surface area contributed by atoms with Crippen LogP contribution in [-0.2, 0) is 25.5 Å². The van der Waals surface area contributed by atoms with Crippen LogP contribution in [0.5, 0.6) is 0 Å². The molecule has 0 fully saturated rings. The molecular formula is C18H25NO4. The molecule has 1 heterocycles. The van der Waals surface area contributed by atoms with E-state index in [1.807, 2.05) is 24.3 Å². The first-order valence-corrected chi connectivity index (χ1v) is 8.15. The summed E-state index contributed by atoms with van der Waals surface area (Å²) in [4.78, 5) is 25.8. The number of benzene rings is 1. The van der Waals surface area contributed by atoms with Gasteiger partial charge in [0.05, 0.1) is 0 Å². The van der Waals surface area contributed by atoms with Crippen LogP contribution in [0.1, 0.15) is 32.8 Å².